The molecular weight excluding hydrogens is 367 g/mol. The van der Waals surface area contributed by atoms with Crippen LogP contribution in [-0.4, -0.2) is 10.9 Å². The number of pyridine rings is 1. The summed E-state index contributed by atoms with van der Waals surface area (Å²) in [6.07, 6.45) is -2.91. The molecule has 0 radical (unpaired) electrons. The zero-order valence-corrected chi connectivity index (χ0v) is 15.0. The van der Waals surface area contributed by atoms with Gasteiger partial charge in [-0.15, -0.1) is 0 Å². The fourth-order valence-corrected chi connectivity index (χ4v) is 2.64. The van der Waals surface area contributed by atoms with Gasteiger partial charge in [-0.3, -0.25) is 9.78 Å². The lowest BCUT2D eigenvalue weighted by Crippen LogP contribution is -2.27. The third-order valence-electron chi connectivity index (χ3n) is 4.14. The summed E-state index contributed by atoms with van der Waals surface area (Å²) in [7, 11) is 0. The molecular formula is C21H18F3N3O. The first-order chi connectivity index (χ1) is 13.3. The van der Waals surface area contributed by atoms with Crippen LogP contribution in [0.5, 0.6) is 0 Å². The molecule has 1 amide bonds. The molecule has 28 heavy (non-hydrogen) atoms. The van der Waals surface area contributed by atoms with Crippen LogP contribution >= 0.6 is 0 Å². The van der Waals surface area contributed by atoms with E-state index >= 15 is 0 Å². The molecule has 1 heterocycles. The summed E-state index contributed by atoms with van der Waals surface area (Å²) < 4.78 is 37.9. The molecule has 3 rings (SSSR count). The highest BCUT2D eigenvalue weighted by Crippen LogP contribution is 2.30. The minimum Gasteiger partial charge on any atom is -0.355 e. The fraction of sp³-hybridized carbons (Fsp3) is 0.143. The van der Waals surface area contributed by atoms with E-state index in [0.29, 0.717) is 11.4 Å². The van der Waals surface area contributed by atoms with Crippen LogP contribution in [0.2, 0.25) is 0 Å². The number of carbonyl (C=O) groups is 1. The monoisotopic (exact) mass is 385 g/mol. The fourth-order valence-electron chi connectivity index (χ4n) is 2.64. The predicted molar refractivity (Wildman–Crippen MR) is 101 cm³/mol. The van der Waals surface area contributed by atoms with Gasteiger partial charge in [0.2, 0.25) is 0 Å². The van der Waals surface area contributed by atoms with Gasteiger partial charge in [0.1, 0.15) is 5.69 Å². The second kappa shape index (κ2) is 8.12. The van der Waals surface area contributed by atoms with E-state index in [0.717, 1.165) is 17.7 Å². The second-order valence-corrected chi connectivity index (χ2v) is 6.24. The van der Waals surface area contributed by atoms with Crippen molar-refractivity contribution >= 4 is 17.3 Å². The van der Waals surface area contributed by atoms with E-state index in [1.165, 1.54) is 18.3 Å². The van der Waals surface area contributed by atoms with Gasteiger partial charge in [0.25, 0.3) is 5.91 Å². The smallest absolute Gasteiger partial charge is 0.355 e. The van der Waals surface area contributed by atoms with Crippen LogP contribution in [0.15, 0.2) is 72.9 Å². The van der Waals surface area contributed by atoms with Crippen LogP contribution in [0.3, 0.4) is 0 Å². The molecule has 0 fully saturated rings. The summed E-state index contributed by atoms with van der Waals surface area (Å²) in [5.74, 6) is -0.340. The number of nitrogens with zero attached hydrogens (tertiary/aromatic N) is 1. The molecule has 1 atom stereocenters. The third-order valence-corrected chi connectivity index (χ3v) is 4.14. The molecule has 1 unspecified atom stereocenters. The number of nitrogens with one attached hydrogen (secondary N) is 2. The Hall–Kier alpha value is -3.35. The van der Waals surface area contributed by atoms with Crippen molar-refractivity contribution in [1.29, 1.82) is 0 Å². The summed E-state index contributed by atoms with van der Waals surface area (Å²) in [6, 6.07) is 17.2. The van der Waals surface area contributed by atoms with Gasteiger partial charge in [0.15, 0.2) is 0 Å². The number of hydrogen-bond donors (Lipinski definition) is 2. The Balaban J connectivity index is 1.69. The van der Waals surface area contributed by atoms with Crippen molar-refractivity contribution in [2.75, 3.05) is 5.32 Å². The van der Waals surface area contributed by atoms with Gasteiger partial charge < -0.3 is 10.6 Å². The van der Waals surface area contributed by atoms with Crippen LogP contribution in [0.25, 0.3) is 0 Å². The van der Waals surface area contributed by atoms with Crippen LogP contribution in [0.1, 0.15) is 34.6 Å². The van der Waals surface area contributed by atoms with Crippen molar-refractivity contribution in [2.24, 2.45) is 0 Å². The van der Waals surface area contributed by atoms with E-state index in [-0.39, 0.29) is 17.6 Å². The lowest BCUT2D eigenvalue weighted by Gasteiger charge is -2.14. The van der Waals surface area contributed by atoms with Crippen molar-refractivity contribution in [1.82, 2.24) is 10.3 Å². The molecule has 0 aliphatic carbocycles. The number of alkyl halides is 3. The first-order valence-corrected chi connectivity index (χ1v) is 8.59. The average molecular weight is 385 g/mol. The van der Waals surface area contributed by atoms with E-state index in [1.807, 2.05) is 37.3 Å². The summed E-state index contributed by atoms with van der Waals surface area (Å²) in [4.78, 5) is 16.5. The van der Waals surface area contributed by atoms with Gasteiger partial charge in [-0.25, -0.2) is 0 Å². The molecule has 4 nitrogen and oxygen atoms in total. The van der Waals surface area contributed by atoms with Crippen LogP contribution < -0.4 is 10.6 Å². The summed E-state index contributed by atoms with van der Waals surface area (Å²) in [5, 5.41) is 5.85. The highest BCUT2D eigenvalue weighted by molar-refractivity contribution is 5.93. The van der Waals surface area contributed by atoms with Crippen molar-refractivity contribution in [3.8, 4) is 0 Å². The lowest BCUT2D eigenvalue weighted by molar-refractivity contribution is -0.137. The van der Waals surface area contributed by atoms with Crippen LogP contribution in [0, 0.1) is 0 Å². The number of carbonyl (C=O) groups excluding carboxylic acids is 1. The van der Waals surface area contributed by atoms with E-state index in [1.54, 1.807) is 12.1 Å². The Morgan fingerprint density at radius 2 is 1.64 bits per heavy atom. The standard InChI is InChI=1S/C21H18F3N3O/c1-14(15-5-3-2-4-6-15)26-20(28)19-13-18(11-12-25-19)27-17-9-7-16(8-10-17)21(22,23)24/h2-14H,1H3,(H,25,27)(H,26,28). The Morgan fingerprint density at radius 3 is 2.29 bits per heavy atom. The molecule has 2 N–H and O–H groups in total. The maximum absolute atomic E-state index is 12.6. The van der Waals surface area contributed by atoms with Gasteiger partial charge in [-0.1, -0.05) is 30.3 Å². The zero-order chi connectivity index (χ0) is 20.1. The number of rotatable bonds is 5. The second-order valence-electron chi connectivity index (χ2n) is 6.24. The molecule has 7 heteroatoms. The van der Waals surface area contributed by atoms with Gasteiger partial charge in [-0.05, 0) is 48.9 Å². The van der Waals surface area contributed by atoms with Crippen molar-refractivity contribution in [2.45, 2.75) is 19.1 Å². The lowest BCUT2D eigenvalue weighted by atomic mass is 10.1. The Labute approximate surface area is 160 Å². The highest BCUT2D eigenvalue weighted by Gasteiger charge is 2.29. The Kier molecular flexibility index (Phi) is 5.63. The van der Waals surface area contributed by atoms with Gasteiger partial charge in [-0.2, -0.15) is 13.2 Å². The van der Waals surface area contributed by atoms with E-state index < -0.39 is 11.7 Å². The first-order valence-electron chi connectivity index (χ1n) is 8.59. The van der Waals surface area contributed by atoms with Crippen LogP contribution in [-0.2, 0) is 6.18 Å². The topological polar surface area (TPSA) is 54.0 Å². The minimum atomic E-state index is -4.38. The number of aromatic nitrogens is 1. The SMILES string of the molecule is CC(NC(=O)c1cc(Nc2ccc(C(F)(F)F)cc2)ccn1)c1ccccc1. The van der Waals surface area contributed by atoms with Gasteiger partial charge in [0.05, 0.1) is 11.6 Å². The predicted octanol–water partition coefficient (Wildman–Crippen LogP) is 5.34. The molecule has 0 bridgehead atoms. The molecule has 0 spiro atoms. The molecule has 0 saturated heterocycles. The molecule has 144 valence electrons. The largest absolute Gasteiger partial charge is 0.416 e. The van der Waals surface area contributed by atoms with Gasteiger partial charge >= 0.3 is 6.18 Å². The quantitative estimate of drug-likeness (QED) is 0.624. The molecule has 0 aliphatic rings. The molecule has 3 aromatic rings. The highest BCUT2D eigenvalue weighted by atomic mass is 19.4. The Morgan fingerprint density at radius 1 is 0.964 bits per heavy atom. The summed E-state index contributed by atoms with van der Waals surface area (Å²) in [6.45, 7) is 1.87. The maximum Gasteiger partial charge on any atom is 0.416 e. The number of halogens is 3. The summed E-state index contributed by atoms with van der Waals surface area (Å²) >= 11 is 0. The zero-order valence-electron chi connectivity index (χ0n) is 15.0. The average Bonchev–Trinajstić information content (AvgIpc) is 2.68. The van der Waals surface area contributed by atoms with E-state index in [9.17, 15) is 18.0 Å². The first kappa shape index (κ1) is 19.4. The number of benzene rings is 2. The maximum atomic E-state index is 12.6. The van der Waals surface area contributed by atoms with Crippen molar-refractivity contribution in [3.05, 3.63) is 89.7 Å². The van der Waals surface area contributed by atoms with E-state index in [2.05, 4.69) is 15.6 Å². The Bertz CT molecular complexity index is 941. The third kappa shape index (κ3) is 4.88. The summed E-state index contributed by atoms with van der Waals surface area (Å²) in [5.41, 5.74) is 1.48. The molecule has 1 aromatic heterocycles. The number of amides is 1. The van der Waals surface area contributed by atoms with Crippen LogP contribution in [0.4, 0.5) is 24.5 Å². The molecule has 0 saturated carbocycles. The minimum absolute atomic E-state index is 0.193. The molecule has 2 aromatic carbocycles. The van der Waals surface area contributed by atoms with Gasteiger partial charge in [0, 0.05) is 17.6 Å². The van der Waals surface area contributed by atoms with E-state index in [4.69, 9.17) is 0 Å². The molecule has 0 aliphatic heterocycles. The van der Waals surface area contributed by atoms with Crippen molar-refractivity contribution in [3.63, 3.8) is 0 Å². The number of anilines is 2. The number of hydrogen-bond acceptors (Lipinski definition) is 3. The van der Waals surface area contributed by atoms with Crippen molar-refractivity contribution < 1.29 is 18.0 Å². The normalized spacial score (nSPS) is 12.3.